The van der Waals surface area contributed by atoms with Crippen LogP contribution in [0.15, 0.2) is 27.1 Å². The Morgan fingerprint density at radius 3 is 2.75 bits per heavy atom. The number of anilines is 1. The summed E-state index contributed by atoms with van der Waals surface area (Å²) < 4.78 is 9.31. The van der Waals surface area contributed by atoms with Gasteiger partial charge in [0.1, 0.15) is 5.75 Å². The molecule has 0 atom stereocenters. The van der Waals surface area contributed by atoms with Crippen molar-refractivity contribution in [2.24, 2.45) is 0 Å². The molecule has 0 saturated heterocycles. The summed E-state index contributed by atoms with van der Waals surface area (Å²) in [4.78, 5) is 0. The highest BCUT2D eigenvalue weighted by Gasteiger charge is 2.11. The van der Waals surface area contributed by atoms with Crippen molar-refractivity contribution >= 4 is 37.5 Å². The molecule has 1 aromatic heterocycles. The van der Waals surface area contributed by atoms with Crippen molar-refractivity contribution in [3.63, 3.8) is 0 Å². The maximum absolute atomic E-state index is 5.30. The van der Waals surface area contributed by atoms with Gasteiger partial charge in [0.15, 0.2) is 0 Å². The van der Waals surface area contributed by atoms with Gasteiger partial charge >= 0.3 is 0 Å². The minimum Gasteiger partial charge on any atom is -0.495 e. The number of hydrogen-bond acceptors (Lipinski definition) is 3. The molecule has 0 bridgehead atoms. The van der Waals surface area contributed by atoms with Gasteiger partial charge in [-0.25, -0.2) is 0 Å². The van der Waals surface area contributed by atoms with E-state index in [9.17, 15) is 0 Å². The Balaban J connectivity index is 2.16. The lowest BCUT2D eigenvalue weighted by Gasteiger charge is -2.11. The number of nitrogens with zero attached hydrogens (tertiary/aromatic N) is 2. The molecule has 0 radical (unpaired) electrons. The molecule has 0 unspecified atom stereocenters. The van der Waals surface area contributed by atoms with E-state index in [1.54, 1.807) is 7.11 Å². The van der Waals surface area contributed by atoms with Gasteiger partial charge < -0.3 is 10.1 Å². The number of aromatic nitrogens is 2. The normalized spacial score (nSPS) is 10.7. The maximum atomic E-state index is 5.30. The summed E-state index contributed by atoms with van der Waals surface area (Å²) in [6, 6.07) is 5.95. The van der Waals surface area contributed by atoms with Crippen molar-refractivity contribution < 1.29 is 4.74 Å². The molecule has 1 heterocycles. The predicted molar refractivity (Wildman–Crippen MR) is 88.4 cm³/mol. The summed E-state index contributed by atoms with van der Waals surface area (Å²) >= 11 is 7.05. The Bertz CT molecular complexity index is 611. The van der Waals surface area contributed by atoms with E-state index in [1.807, 2.05) is 29.8 Å². The first-order valence-electron chi connectivity index (χ1n) is 6.36. The van der Waals surface area contributed by atoms with E-state index < -0.39 is 0 Å². The lowest BCUT2D eigenvalue weighted by Crippen LogP contribution is -2.08. The summed E-state index contributed by atoms with van der Waals surface area (Å²) in [5.74, 6) is 0.814. The summed E-state index contributed by atoms with van der Waals surface area (Å²) in [6.45, 7) is 5.65. The zero-order valence-electron chi connectivity index (χ0n) is 11.7. The van der Waals surface area contributed by atoms with Crippen molar-refractivity contribution in [2.75, 3.05) is 12.4 Å². The molecule has 0 fully saturated rings. The van der Waals surface area contributed by atoms with Gasteiger partial charge in [-0.05, 0) is 57.8 Å². The van der Waals surface area contributed by atoms with Gasteiger partial charge in [0.25, 0.3) is 0 Å². The number of hydrogen-bond donors (Lipinski definition) is 1. The molecule has 1 aromatic carbocycles. The van der Waals surface area contributed by atoms with E-state index in [-0.39, 0.29) is 0 Å². The summed E-state index contributed by atoms with van der Waals surface area (Å²) in [7, 11) is 1.66. The molecule has 0 aliphatic rings. The first-order valence-corrected chi connectivity index (χ1v) is 7.94. The lowest BCUT2D eigenvalue weighted by atomic mass is 10.3. The Kier molecular flexibility index (Phi) is 5.10. The topological polar surface area (TPSA) is 39.1 Å². The Hall–Kier alpha value is -1.01. The molecule has 0 saturated carbocycles. The van der Waals surface area contributed by atoms with E-state index in [2.05, 4.69) is 49.2 Å². The van der Waals surface area contributed by atoms with Crippen LogP contribution < -0.4 is 10.1 Å². The summed E-state index contributed by atoms with van der Waals surface area (Å²) in [5, 5.41) is 7.89. The van der Waals surface area contributed by atoms with Crippen molar-refractivity contribution in [1.82, 2.24) is 9.78 Å². The fourth-order valence-corrected chi connectivity index (χ4v) is 2.83. The van der Waals surface area contributed by atoms with Crippen LogP contribution >= 0.6 is 31.9 Å². The lowest BCUT2D eigenvalue weighted by molar-refractivity contribution is 0.412. The number of aryl methyl sites for hydroxylation is 2. The summed E-state index contributed by atoms with van der Waals surface area (Å²) in [6.07, 6.45) is 0. The highest BCUT2D eigenvalue weighted by atomic mass is 79.9. The number of rotatable bonds is 5. The molecule has 6 heteroatoms. The Morgan fingerprint density at radius 2 is 2.10 bits per heavy atom. The minimum absolute atomic E-state index is 0.708. The second-order valence-electron chi connectivity index (χ2n) is 4.36. The fourth-order valence-electron chi connectivity index (χ4n) is 1.99. The number of ether oxygens (including phenoxy) is 1. The molecule has 0 spiro atoms. The van der Waals surface area contributed by atoms with E-state index in [0.29, 0.717) is 6.54 Å². The van der Waals surface area contributed by atoms with Gasteiger partial charge in [-0.2, -0.15) is 5.10 Å². The van der Waals surface area contributed by atoms with Crippen molar-refractivity contribution in [3.8, 4) is 5.75 Å². The van der Waals surface area contributed by atoms with Crippen LogP contribution in [0.4, 0.5) is 5.69 Å². The quantitative estimate of drug-likeness (QED) is 0.807. The third-order valence-corrected chi connectivity index (χ3v) is 4.75. The average Bonchev–Trinajstić information content (AvgIpc) is 2.73. The smallest absolute Gasteiger partial charge is 0.135 e. The van der Waals surface area contributed by atoms with Crippen molar-refractivity contribution in [1.29, 1.82) is 0 Å². The minimum atomic E-state index is 0.708. The third kappa shape index (κ3) is 3.17. The van der Waals surface area contributed by atoms with Crippen molar-refractivity contribution in [2.45, 2.75) is 26.9 Å². The second-order valence-corrected chi connectivity index (χ2v) is 6.01. The Morgan fingerprint density at radius 1 is 1.35 bits per heavy atom. The average molecular weight is 403 g/mol. The molecule has 20 heavy (non-hydrogen) atoms. The monoisotopic (exact) mass is 401 g/mol. The molecule has 2 rings (SSSR count). The van der Waals surface area contributed by atoms with Crippen LogP contribution in [-0.2, 0) is 13.1 Å². The molecule has 4 nitrogen and oxygen atoms in total. The van der Waals surface area contributed by atoms with Gasteiger partial charge in [0.05, 0.1) is 34.0 Å². The first kappa shape index (κ1) is 15.4. The molecule has 0 aliphatic carbocycles. The highest BCUT2D eigenvalue weighted by molar-refractivity contribution is 9.10. The van der Waals surface area contributed by atoms with E-state index in [0.717, 1.165) is 38.3 Å². The zero-order chi connectivity index (χ0) is 14.7. The molecular formula is C14H17Br2N3O. The molecule has 0 amide bonds. The highest BCUT2D eigenvalue weighted by Crippen LogP contribution is 2.28. The van der Waals surface area contributed by atoms with Crippen LogP contribution in [0.3, 0.4) is 0 Å². The van der Waals surface area contributed by atoms with E-state index in [1.165, 1.54) is 0 Å². The van der Waals surface area contributed by atoms with Crippen LogP contribution in [-0.4, -0.2) is 16.9 Å². The molecule has 2 aromatic rings. The van der Waals surface area contributed by atoms with Gasteiger partial charge in [0, 0.05) is 18.3 Å². The molecule has 0 aliphatic heterocycles. The summed E-state index contributed by atoms with van der Waals surface area (Å²) in [5.41, 5.74) is 3.17. The fraction of sp³-hybridized carbons (Fsp3) is 0.357. The van der Waals surface area contributed by atoms with Crippen LogP contribution in [0, 0.1) is 6.92 Å². The largest absolute Gasteiger partial charge is 0.495 e. The number of halogens is 2. The van der Waals surface area contributed by atoms with Crippen LogP contribution in [0.5, 0.6) is 5.75 Å². The second kappa shape index (κ2) is 6.63. The number of methoxy groups -OCH3 is 1. The molecule has 108 valence electrons. The van der Waals surface area contributed by atoms with Gasteiger partial charge in [-0.15, -0.1) is 0 Å². The van der Waals surface area contributed by atoms with Crippen LogP contribution in [0.2, 0.25) is 0 Å². The number of benzene rings is 1. The SMILES string of the molecule is CCn1nc(C)c(Br)c1CNc1ccc(Br)c(OC)c1. The Labute approximate surface area is 135 Å². The first-order chi connectivity index (χ1) is 9.56. The molecule has 1 N–H and O–H groups in total. The standard InChI is InChI=1S/C14H17Br2N3O/c1-4-19-12(14(16)9(2)18-19)8-17-10-5-6-11(15)13(7-10)20-3/h5-7,17H,4,8H2,1-3H3. The van der Waals surface area contributed by atoms with Crippen LogP contribution in [0.1, 0.15) is 18.3 Å². The van der Waals surface area contributed by atoms with Crippen LogP contribution in [0.25, 0.3) is 0 Å². The molecular weight excluding hydrogens is 386 g/mol. The zero-order valence-corrected chi connectivity index (χ0v) is 14.9. The predicted octanol–water partition coefficient (Wildman–Crippen LogP) is 4.36. The van der Waals surface area contributed by atoms with Crippen molar-refractivity contribution in [3.05, 3.63) is 38.5 Å². The third-order valence-electron chi connectivity index (χ3n) is 3.06. The van der Waals surface area contributed by atoms with Gasteiger partial charge in [0.2, 0.25) is 0 Å². The van der Waals surface area contributed by atoms with E-state index >= 15 is 0 Å². The van der Waals surface area contributed by atoms with Gasteiger partial charge in [-0.1, -0.05) is 0 Å². The maximum Gasteiger partial charge on any atom is 0.135 e. The number of nitrogens with one attached hydrogen (secondary N) is 1. The van der Waals surface area contributed by atoms with Gasteiger partial charge in [-0.3, -0.25) is 4.68 Å². The van der Waals surface area contributed by atoms with E-state index in [4.69, 9.17) is 4.74 Å².